The van der Waals surface area contributed by atoms with Crippen LogP contribution in [0, 0.1) is 16.7 Å². The molecule has 2 fully saturated rings. The molecule has 2 aliphatic carbocycles. The zero-order valence-electron chi connectivity index (χ0n) is 12.9. The van der Waals surface area contributed by atoms with E-state index in [4.69, 9.17) is 0 Å². The zero-order valence-corrected chi connectivity index (χ0v) is 12.9. The Morgan fingerprint density at radius 1 is 0.882 bits per heavy atom. The third-order valence-corrected chi connectivity index (χ3v) is 5.29. The van der Waals surface area contributed by atoms with Crippen LogP contribution in [0.3, 0.4) is 0 Å². The summed E-state index contributed by atoms with van der Waals surface area (Å²) >= 11 is 0. The first-order valence-corrected chi connectivity index (χ1v) is 7.87. The molecule has 0 N–H and O–H groups in total. The van der Waals surface area contributed by atoms with Crippen LogP contribution >= 0.6 is 0 Å². The number of rotatable bonds is 1. The third-order valence-electron chi connectivity index (χ3n) is 5.29. The van der Waals surface area contributed by atoms with Crippen molar-refractivity contribution in [2.45, 2.75) is 92.4 Å². The normalized spacial score (nSPS) is 27.4. The van der Waals surface area contributed by atoms with Crippen molar-refractivity contribution in [3.05, 3.63) is 0 Å². The van der Waals surface area contributed by atoms with Gasteiger partial charge in [-0.2, -0.15) is 0 Å². The Morgan fingerprint density at radius 3 is 1.65 bits per heavy atom. The minimum atomic E-state index is 0.659. The summed E-state index contributed by atoms with van der Waals surface area (Å²) in [7, 11) is 0. The van der Waals surface area contributed by atoms with E-state index in [9.17, 15) is 0 Å². The highest BCUT2D eigenvalue weighted by Gasteiger charge is 2.25. The fourth-order valence-electron chi connectivity index (χ4n) is 3.13. The molecular weight excluding hydrogens is 204 g/mol. The van der Waals surface area contributed by atoms with Gasteiger partial charge in [0.2, 0.25) is 0 Å². The summed E-state index contributed by atoms with van der Waals surface area (Å²) in [6.07, 6.45) is 13.1. The smallest absolute Gasteiger partial charge is 0.0328 e. The summed E-state index contributed by atoms with van der Waals surface area (Å²) in [5, 5.41) is 0. The minimum Gasteiger partial charge on any atom is -0.0649 e. The summed E-state index contributed by atoms with van der Waals surface area (Å²) < 4.78 is 0. The second kappa shape index (κ2) is 6.25. The first-order valence-electron chi connectivity index (χ1n) is 7.87. The van der Waals surface area contributed by atoms with Gasteiger partial charge < -0.3 is 0 Å². The van der Waals surface area contributed by atoms with Gasteiger partial charge >= 0.3 is 0 Å². The fraction of sp³-hybridized carbons (Fsp3) is 1.00. The van der Waals surface area contributed by atoms with Gasteiger partial charge in [0.05, 0.1) is 0 Å². The number of hydrogen-bond donors (Lipinski definition) is 0. The van der Waals surface area contributed by atoms with E-state index in [1.165, 1.54) is 57.8 Å². The zero-order chi connectivity index (χ0) is 12.9. The molecule has 0 heteroatoms. The maximum absolute atomic E-state index is 2.42. The van der Waals surface area contributed by atoms with Crippen molar-refractivity contribution in [3.8, 4) is 0 Å². The molecule has 0 aromatic carbocycles. The van der Waals surface area contributed by atoms with E-state index < -0.39 is 0 Å². The monoisotopic (exact) mass is 238 g/mol. The predicted molar refractivity (Wildman–Crippen MR) is 78.3 cm³/mol. The molecule has 17 heavy (non-hydrogen) atoms. The second-order valence-electron chi connectivity index (χ2n) is 7.72. The lowest BCUT2D eigenvalue weighted by Gasteiger charge is -2.32. The summed E-state index contributed by atoms with van der Waals surface area (Å²) in [5.41, 5.74) is 1.40. The van der Waals surface area contributed by atoms with Gasteiger partial charge in [-0.15, -0.1) is 0 Å². The Morgan fingerprint density at radius 2 is 1.35 bits per heavy atom. The highest BCUT2D eigenvalue weighted by Crippen LogP contribution is 2.39. The molecule has 2 rings (SSSR count). The van der Waals surface area contributed by atoms with E-state index in [2.05, 4.69) is 34.6 Å². The van der Waals surface area contributed by atoms with Gasteiger partial charge in [0.1, 0.15) is 0 Å². The molecule has 0 aliphatic heterocycles. The Bertz CT molecular complexity index is 198. The fourth-order valence-corrected chi connectivity index (χ4v) is 3.13. The van der Waals surface area contributed by atoms with Crippen LogP contribution in [-0.4, -0.2) is 0 Å². The van der Waals surface area contributed by atoms with Crippen LogP contribution in [0.2, 0.25) is 0 Å². The third kappa shape index (κ3) is 5.44. The van der Waals surface area contributed by atoms with Crippen molar-refractivity contribution in [1.29, 1.82) is 0 Å². The molecule has 0 radical (unpaired) electrons. The molecule has 102 valence electrons. The van der Waals surface area contributed by atoms with Crippen LogP contribution in [0.25, 0.3) is 0 Å². The van der Waals surface area contributed by atoms with E-state index in [1.807, 2.05) is 0 Å². The quantitative estimate of drug-likeness (QED) is 0.510. The molecule has 2 saturated carbocycles. The van der Waals surface area contributed by atoms with Gasteiger partial charge in [-0.25, -0.2) is 0 Å². The van der Waals surface area contributed by atoms with Gasteiger partial charge in [-0.1, -0.05) is 66.7 Å². The van der Waals surface area contributed by atoms with Crippen molar-refractivity contribution in [2.75, 3.05) is 0 Å². The predicted octanol–water partition coefficient (Wildman–Crippen LogP) is 6.20. The molecule has 0 nitrogen and oxygen atoms in total. The molecule has 2 aliphatic rings. The molecule has 0 aromatic rings. The molecule has 0 unspecified atom stereocenters. The first kappa shape index (κ1) is 15.1. The summed E-state index contributed by atoms with van der Waals surface area (Å²) in [6.45, 7) is 11.9. The molecule has 0 amide bonds. The molecule has 0 spiro atoms. The van der Waals surface area contributed by atoms with E-state index in [0.717, 1.165) is 11.3 Å². The van der Waals surface area contributed by atoms with E-state index in [0.29, 0.717) is 5.41 Å². The van der Waals surface area contributed by atoms with Gasteiger partial charge in [-0.05, 0) is 42.4 Å². The molecule has 0 aromatic heterocycles. The first-order chi connectivity index (χ1) is 7.87. The van der Waals surface area contributed by atoms with Crippen LogP contribution < -0.4 is 0 Å². The maximum atomic E-state index is 2.42. The molecule has 0 atom stereocenters. The van der Waals surface area contributed by atoms with Crippen molar-refractivity contribution in [1.82, 2.24) is 0 Å². The highest BCUT2D eigenvalue weighted by atomic mass is 14.3. The van der Waals surface area contributed by atoms with E-state index >= 15 is 0 Å². The molecule has 0 saturated heterocycles. The average Bonchev–Trinajstić information content (AvgIpc) is 2.72. The van der Waals surface area contributed by atoms with Crippen LogP contribution in [0.4, 0.5) is 0 Å². The lowest BCUT2D eigenvalue weighted by atomic mass is 9.74. The highest BCUT2D eigenvalue weighted by molar-refractivity contribution is 4.78. The SMILES string of the molecule is CC1CCC(C)(C)CC1.CCC1(C)CCCC1. The maximum Gasteiger partial charge on any atom is -0.0328 e. The van der Waals surface area contributed by atoms with Crippen LogP contribution in [0.5, 0.6) is 0 Å². The van der Waals surface area contributed by atoms with Gasteiger partial charge in [0.15, 0.2) is 0 Å². The van der Waals surface area contributed by atoms with Gasteiger partial charge in [-0.3, -0.25) is 0 Å². The summed E-state index contributed by atoms with van der Waals surface area (Å²) in [6, 6.07) is 0. The van der Waals surface area contributed by atoms with Gasteiger partial charge in [0, 0.05) is 0 Å². The Kier molecular flexibility index (Phi) is 5.54. The Balaban J connectivity index is 0.000000171. The minimum absolute atomic E-state index is 0.659. The summed E-state index contributed by atoms with van der Waals surface area (Å²) in [5.74, 6) is 0.998. The lowest BCUT2D eigenvalue weighted by Crippen LogP contribution is -2.19. The van der Waals surface area contributed by atoms with E-state index in [-0.39, 0.29) is 0 Å². The van der Waals surface area contributed by atoms with Crippen molar-refractivity contribution >= 4 is 0 Å². The standard InChI is InChI=1S/C9H18.C8H16/c1-8-4-6-9(2,3)7-5-8;1-3-8(2)6-4-5-7-8/h8H,4-7H2,1-3H3;3-7H2,1-2H3. The molecule has 0 bridgehead atoms. The topological polar surface area (TPSA) is 0 Å². The van der Waals surface area contributed by atoms with Crippen LogP contribution in [0.1, 0.15) is 92.4 Å². The van der Waals surface area contributed by atoms with Crippen molar-refractivity contribution in [3.63, 3.8) is 0 Å². The largest absolute Gasteiger partial charge is 0.0649 e. The van der Waals surface area contributed by atoms with E-state index in [1.54, 1.807) is 0 Å². The summed E-state index contributed by atoms with van der Waals surface area (Å²) in [4.78, 5) is 0. The molecule has 0 heterocycles. The lowest BCUT2D eigenvalue weighted by molar-refractivity contribution is 0.201. The Hall–Kier alpha value is 0. The number of hydrogen-bond acceptors (Lipinski definition) is 0. The van der Waals surface area contributed by atoms with Crippen LogP contribution in [0.15, 0.2) is 0 Å². The van der Waals surface area contributed by atoms with Crippen molar-refractivity contribution in [2.24, 2.45) is 16.7 Å². The molecular formula is C17H34. The average molecular weight is 238 g/mol. The van der Waals surface area contributed by atoms with Crippen molar-refractivity contribution < 1.29 is 0 Å². The van der Waals surface area contributed by atoms with Crippen LogP contribution in [-0.2, 0) is 0 Å². The Labute approximate surface area is 110 Å². The van der Waals surface area contributed by atoms with Gasteiger partial charge in [0.25, 0.3) is 0 Å². The second-order valence-corrected chi connectivity index (χ2v) is 7.72.